The molecule has 0 spiro atoms. The van der Waals surface area contributed by atoms with Gasteiger partial charge in [0.05, 0.1) is 22.4 Å². The van der Waals surface area contributed by atoms with E-state index in [-0.39, 0.29) is 34.6 Å². The van der Waals surface area contributed by atoms with E-state index in [1.807, 2.05) is 109 Å². The van der Waals surface area contributed by atoms with E-state index >= 15 is 0 Å². The first kappa shape index (κ1) is 36.5. The fraction of sp³-hybridized carbons (Fsp3) is 0.812. The Morgan fingerprint density at radius 3 is 1.14 bits per heavy atom. The van der Waals surface area contributed by atoms with Gasteiger partial charge < -0.3 is 28.1 Å². The summed E-state index contributed by atoms with van der Waals surface area (Å²) >= 11 is 0. The van der Waals surface area contributed by atoms with E-state index in [0.29, 0.717) is 13.1 Å². The Morgan fingerprint density at radius 1 is 0.614 bits per heavy atom. The Hall–Kier alpha value is -2.01. The molecule has 4 aliphatic heterocycles. The summed E-state index contributed by atoms with van der Waals surface area (Å²) in [5, 5.41) is 0. The number of amides is 2. The van der Waals surface area contributed by atoms with Crippen LogP contribution in [-0.2, 0) is 28.1 Å². The second-order valence-electron chi connectivity index (χ2n) is 16.1. The molecule has 2 fully saturated rings. The van der Waals surface area contributed by atoms with E-state index in [1.54, 1.807) is 9.80 Å². The van der Waals surface area contributed by atoms with E-state index in [9.17, 15) is 9.59 Å². The van der Waals surface area contributed by atoms with E-state index in [2.05, 4.69) is 0 Å². The molecule has 0 aromatic carbocycles. The number of rotatable bonds is 2. The number of nitrogens with zero attached hydrogens (tertiary/aromatic N) is 2. The van der Waals surface area contributed by atoms with Gasteiger partial charge in [0, 0.05) is 25.5 Å². The van der Waals surface area contributed by atoms with Crippen LogP contribution in [0.5, 0.6) is 0 Å². The van der Waals surface area contributed by atoms with Crippen molar-refractivity contribution < 1.29 is 37.7 Å². The fourth-order valence-corrected chi connectivity index (χ4v) is 4.84. The molecule has 2 saturated heterocycles. The summed E-state index contributed by atoms with van der Waals surface area (Å²) < 4.78 is 35.1. The standard InChI is InChI=1S/2C16H28BNO4/c2*1-14(2,3)20-13(19)18-10-8-9-12(11-18)17-21-15(4,5)16(6,7)22-17/h2*11H,8-10H2,1-7H3. The predicted octanol–water partition coefficient (Wildman–Crippen LogP) is 7.07. The number of allylic oxidation sites excluding steroid dienone is 2. The third-order valence-corrected chi connectivity index (χ3v) is 8.74. The second-order valence-corrected chi connectivity index (χ2v) is 16.1. The van der Waals surface area contributed by atoms with Crippen LogP contribution in [0.1, 0.15) is 123 Å². The van der Waals surface area contributed by atoms with Crippen LogP contribution in [0.15, 0.2) is 23.3 Å². The zero-order chi connectivity index (χ0) is 33.5. The minimum atomic E-state index is -0.493. The monoisotopic (exact) mass is 618 g/mol. The van der Waals surface area contributed by atoms with Gasteiger partial charge in [-0.25, -0.2) is 9.59 Å². The van der Waals surface area contributed by atoms with Gasteiger partial charge >= 0.3 is 26.4 Å². The minimum Gasteiger partial charge on any atom is -0.443 e. The SMILES string of the molecule is CC(C)(C)OC(=O)N1C=C(B2OC(C)(C)C(C)(C)O2)CCC1.CC(C)(C)OC(=O)N1C=C(B2OC(C)(C)C(C)(C)O2)CCC1. The Morgan fingerprint density at radius 2 is 0.886 bits per heavy atom. The molecule has 10 nitrogen and oxygen atoms in total. The van der Waals surface area contributed by atoms with Gasteiger partial charge in [-0.1, -0.05) is 0 Å². The van der Waals surface area contributed by atoms with Gasteiger partial charge in [-0.3, -0.25) is 9.80 Å². The molecular formula is C32H56B2N2O8. The molecule has 2 amide bonds. The van der Waals surface area contributed by atoms with Gasteiger partial charge in [0.2, 0.25) is 0 Å². The van der Waals surface area contributed by atoms with Crippen LogP contribution < -0.4 is 0 Å². The van der Waals surface area contributed by atoms with Gasteiger partial charge in [-0.05, 0) is 134 Å². The van der Waals surface area contributed by atoms with Crippen LogP contribution in [0.4, 0.5) is 9.59 Å². The largest absolute Gasteiger partial charge is 0.492 e. The molecule has 0 aromatic heterocycles. The highest BCUT2D eigenvalue weighted by molar-refractivity contribution is 6.55. The molecule has 12 heteroatoms. The van der Waals surface area contributed by atoms with Crippen molar-refractivity contribution in [3.63, 3.8) is 0 Å². The van der Waals surface area contributed by atoms with Gasteiger partial charge in [0.25, 0.3) is 0 Å². The fourth-order valence-electron chi connectivity index (χ4n) is 4.84. The van der Waals surface area contributed by atoms with E-state index in [0.717, 1.165) is 36.6 Å². The average molecular weight is 618 g/mol. The summed E-state index contributed by atoms with van der Waals surface area (Å²) in [6, 6.07) is 0. The second kappa shape index (κ2) is 12.6. The van der Waals surface area contributed by atoms with Crippen LogP contribution in [0, 0.1) is 0 Å². The normalized spacial score (nSPS) is 24.2. The summed E-state index contributed by atoms with van der Waals surface area (Å²) in [4.78, 5) is 27.7. The van der Waals surface area contributed by atoms with Gasteiger partial charge in [-0.15, -0.1) is 0 Å². The quantitative estimate of drug-likeness (QED) is 0.304. The van der Waals surface area contributed by atoms with Gasteiger partial charge in [-0.2, -0.15) is 0 Å². The predicted molar refractivity (Wildman–Crippen MR) is 173 cm³/mol. The first-order chi connectivity index (χ1) is 19.8. The van der Waals surface area contributed by atoms with Crippen LogP contribution in [0.2, 0.25) is 0 Å². The summed E-state index contributed by atoms with van der Waals surface area (Å²) in [7, 11) is -0.787. The highest BCUT2D eigenvalue weighted by Crippen LogP contribution is 2.41. The Labute approximate surface area is 266 Å². The summed E-state index contributed by atoms with van der Waals surface area (Å²) in [5.74, 6) is 0. The highest BCUT2D eigenvalue weighted by Gasteiger charge is 2.53. The Bertz CT molecular complexity index is 1010. The molecule has 0 saturated carbocycles. The molecule has 0 unspecified atom stereocenters. The maximum Gasteiger partial charge on any atom is 0.492 e. The van der Waals surface area contributed by atoms with Crippen LogP contribution in [0.25, 0.3) is 0 Å². The van der Waals surface area contributed by atoms with Crippen LogP contribution in [-0.4, -0.2) is 82.9 Å². The molecule has 0 aliphatic carbocycles. The lowest BCUT2D eigenvalue weighted by atomic mass is 9.75. The van der Waals surface area contributed by atoms with E-state index < -0.39 is 25.4 Å². The summed E-state index contributed by atoms with van der Waals surface area (Å²) in [6.07, 6.45) is 6.54. The van der Waals surface area contributed by atoms with Crippen LogP contribution in [0.3, 0.4) is 0 Å². The molecule has 0 aromatic rings. The van der Waals surface area contributed by atoms with Crippen molar-refractivity contribution in [2.45, 2.75) is 156 Å². The zero-order valence-electron chi connectivity index (χ0n) is 29.7. The highest BCUT2D eigenvalue weighted by atomic mass is 16.7. The Kier molecular flexibility index (Phi) is 10.5. The van der Waals surface area contributed by atoms with Crippen molar-refractivity contribution in [1.29, 1.82) is 0 Å². The van der Waals surface area contributed by atoms with Crippen molar-refractivity contribution >= 4 is 26.4 Å². The van der Waals surface area contributed by atoms with Crippen LogP contribution >= 0.6 is 0 Å². The lowest BCUT2D eigenvalue weighted by Crippen LogP contribution is -2.41. The van der Waals surface area contributed by atoms with Crippen molar-refractivity contribution in [2.75, 3.05) is 13.1 Å². The molecule has 0 radical (unpaired) electrons. The first-order valence-electron chi connectivity index (χ1n) is 15.9. The molecule has 4 aliphatic rings. The minimum absolute atomic E-state index is 0.318. The Balaban J connectivity index is 0.000000240. The molecule has 4 rings (SSSR count). The summed E-state index contributed by atoms with van der Waals surface area (Å²) in [6.45, 7) is 28.8. The van der Waals surface area contributed by atoms with Gasteiger partial charge in [0.15, 0.2) is 0 Å². The van der Waals surface area contributed by atoms with Crippen molar-refractivity contribution in [3.8, 4) is 0 Å². The third-order valence-electron chi connectivity index (χ3n) is 8.74. The summed E-state index contributed by atoms with van der Waals surface area (Å²) in [5.41, 5.74) is -0.468. The lowest BCUT2D eigenvalue weighted by molar-refractivity contribution is 0.00578. The zero-order valence-corrected chi connectivity index (χ0v) is 29.7. The van der Waals surface area contributed by atoms with Crippen molar-refractivity contribution in [1.82, 2.24) is 9.80 Å². The van der Waals surface area contributed by atoms with E-state index in [1.165, 1.54) is 0 Å². The molecule has 4 heterocycles. The maximum absolute atomic E-state index is 12.2. The van der Waals surface area contributed by atoms with Crippen molar-refractivity contribution in [2.24, 2.45) is 0 Å². The number of carbonyl (C=O) groups excluding carboxylic acids is 2. The lowest BCUT2D eigenvalue weighted by Gasteiger charge is -2.32. The van der Waals surface area contributed by atoms with E-state index in [4.69, 9.17) is 28.1 Å². The van der Waals surface area contributed by atoms with Gasteiger partial charge in [0.1, 0.15) is 11.2 Å². The maximum atomic E-state index is 12.2. The molecule has 0 bridgehead atoms. The molecular weight excluding hydrogens is 562 g/mol. The number of hydrogen-bond acceptors (Lipinski definition) is 8. The molecule has 248 valence electrons. The number of carbonyl (C=O) groups is 2. The molecule has 0 atom stereocenters. The molecule has 0 N–H and O–H groups in total. The number of hydrogen-bond donors (Lipinski definition) is 0. The smallest absolute Gasteiger partial charge is 0.443 e. The topological polar surface area (TPSA) is 96.0 Å². The average Bonchev–Trinajstić information content (AvgIpc) is 3.22. The first-order valence-corrected chi connectivity index (χ1v) is 15.9. The number of ether oxygens (including phenoxy) is 2. The third kappa shape index (κ3) is 9.04. The molecule has 44 heavy (non-hydrogen) atoms. The van der Waals surface area contributed by atoms with Crippen molar-refractivity contribution in [3.05, 3.63) is 23.3 Å².